The van der Waals surface area contributed by atoms with E-state index in [1.54, 1.807) is 18.2 Å². The zero-order valence-electron chi connectivity index (χ0n) is 11.1. The number of hydrogen-bond donors (Lipinski definition) is 3. The highest BCUT2D eigenvalue weighted by atomic mass is 35.5. The quantitative estimate of drug-likeness (QED) is 0.721. The van der Waals surface area contributed by atoms with Gasteiger partial charge in [-0.05, 0) is 31.4 Å². The van der Waals surface area contributed by atoms with E-state index in [0.29, 0.717) is 28.9 Å². The molecular weight excluding hydrogens is 301 g/mol. The van der Waals surface area contributed by atoms with Crippen LogP contribution in [0.1, 0.15) is 19.3 Å². The number of nitrogens with one attached hydrogen (secondary N) is 1. The van der Waals surface area contributed by atoms with Gasteiger partial charge in [-0.15, -0.1) is 0 Å². The second-order valence-corrected chi connectivity index (χ2v) is 6.06. The minimum Gasteiger partial charge on any atom is -0.491 e. The summed E-state index contributed by atoms with van der Waals surface area (Å²) in [6.45, 7) is 1.05. The molecule has 20 heavy (non-hydrogen) atoms. The van der Waals surface area contributed by atoms with Gasteiger partial charge in [0.1, 0.15) is 18.5 Å². The third-order valence-electron chi connectivity index (χ3n) is 3.45. The first-order valence-corrected chi connectivity index (χ1v) is 7.43. The summed E-state index contributed by atoms with van der Waals surface area (Å²) in [7, 11) is 0. The van der Waals surface area contributed by atoms with Crippen LogP contribution in [0.25, 0.3) is 0 Å². The van der Waals surface area contributed by atoms with Crippen LogP contribution in [0, 0.1) is 0 Å². The third kappa shape index (κ3) is 4.50. The van der Waals surface area contributed by atoms with Gasteiger partial charge in [0.05, 0.1) is 15.6 Å². The molecule has 0 aromatic heterocycles. The maximum atomic E-state index is 9.88. The molecule has 1 unspecified atom stereocenters. The molecular formula is C14H19Cl2NO3. The van der Waals surface area contributed by atoms with Crippen molar-refractivity contribution in [3.63, 3.8) is 0 Å². The molecule has 1 fully saturated rings. The van der Waals surface area contributed by atoms with Crippen LogP contribution >= 0.6 is 23.2 Å². The summed E-state index contributed by atoms with van der Waals surface area (Å²) in [5.74, 6) is 0.566. The molecule has 3 N–H and O–H groups in total. The van der Waals surface area contributed by atoms with E-state index in [9.17, 15) is 10.2 Å². The molecule has 0 heterocycles. The fraction of sp³-hybridized carbons (Fsp3) is 0.571. The van der Waals surface area contributed by atoms with E-state index in [4.69, 9.17) is 27.9 Å². The SMILES string of the molecule is OC(CNCC1(O)CCC1)COc1ccc(Cl)c(Cl)c1. The van der Waals surface area contributed by atoms with Crippen LogP contribution in [0.15, 0.2) is 18.2 Å². The Morgan fingerprint density at radius 3 is 2.65 bits per heavy atom. The van der Waals surface area contributed by atoms with Gasteiger partial charge in [0.15, 0.2) is 0 Å². The van der Waals surface area contributed by atoms with Crippen LogP contribution in [0.4, 0.5) is 0 Å². The molecule has 1 atom stereocenters. The maximum Gasteiger partial charge on any atom is 0.121 e. The highest BCUT2D eigenvalue weighted by molar-refractivity contribution is 6.42. The Bertz CT molecular complexity index is 452. The highest BCUT2D eigenvalue weighted by Crippen LogP contribution is 2.30. The van der Waals surface area contributed by atoms with E-state index in [0.717, 1.165) is 19.3 Å². The van der Waals surface area contributed by atoms with E-state index in [-0.39, 0.29) is 6.61 Å². The molecule has 0 aliphatic heterocycles. The number of hydrogen-bond acceptors (Lipinski definition) is 4. The van der Waals surface area contributed by atoms with Gasteiger partial charge < -0.3 is 20.3 Å². The number of rotatable bonds is 7. The van der Waals surface area contributed by atoms with E-state index in [1.807, 2.05) is 0 Å². The zero-order valence-corrected chi connectivity index (χ0v) is 12.6. The molecule has 6 heteroatoms. The Balaban J connectivity index is 1.66. The van der Waals surface area contributed by atoms with Gasteiger partial charge in [-0.1, -0.05) is 23.2 Å². The fourth-order valence-corrected chi connectivity index (χ4v) is 2.34. The number of halogens is 2. The highest BCUT2D eigenvalue weighted by Gasteiger charge is 2.33. The molecule has 1 aliphatic carbocycles. The maximum absolute atomic E-state index is 9.88. The topological polar surface area (TPSA) is 61.7 Å². The summed E-state index contributed by atoms with van der Waals surface area (Å²) >= 11 is 11.7. The van der Waals surface area contributed by atoms with Crippen molar-refractivity contribution in [2.45, 2.75) is 31.0 Å². The van der Waals surface area contributed by atoms with Crippen molar-refractivity contribution in [2.75, 3.05) is 19.7 Å². The Morgan fingerprint density at radius 1 is 1.30 bits per heavy atom. The van der Waals surface area contributed by atoms with E-state index in [1.165, 1.54) is 0 Å². The molecule has 0 saturated heterocycles. The smallest absolute Gasteiger partial charge is 0.121 e. The number of ether oxygens (including phenoxy) is 1. The standard InChI is InChI=1S/C14H19Cl2NO3/c15-12-3-2-11(6-13(12)16)20-8-10(18)7-17-9-14(19)4-1-5-14/h2-3,6,10,17-19H,1,4-5,7-9H2. The number of aliphatic hydroxyl groups is 2. The Hall–Kier alpha value is -0.520. The van der Waals surface area contributed by atoms with Gasteiger partial charge in [0.2, 0.25) is 0 Å². The Labute approximate surface area is 128 Å². The van der Waals surface area contributed by atoms with Crippen molar-refractivity contribution in [3.05, 3.63) is 28.2 Å². The number of benzene rings is 1. The molecule has 0 radical (unpaired) electrons. The summed E-state index contributed by atoms with van der Waals surface area (Å²) in [5.41, 5.74) is -0.579. The van der Waals surface area contributed by atoms with Crippen LogP contribution in [-0.4, -0.2) is 41.6 Å². The molecule has 2 rings (SSSR count). The van der Waals surface area contributed by atoms with Gasteiger partial charge in [0, 0.05) is 19.2 Å². The molecule has 0 bridgehead atoms. The number of aliphatic hydroxyl groups excluding tert-OH is 1. The van der Waals surface area contributed by atoms with Gasteiger partial charge in [-0.3, -0.25) is 0 Å². The normalized spacial score (nSPS) is 18.4. The minimum atomic E-state index is -0.645. The lowest BCUT2D eigenvalue weighted by Crippen LogP contribution is -2.48. The molecule has 112 valence electrons. The molecule has 0 spiro atoms. The predicted octanol–water partition coefficient (Wildman–Crippen LogP) is 2.24. The van der Waals surface area contributed by atoms with Crippen molar-refractivity contribution >= 4 is 23.2 Å². The Kier molecular flexibility index (Phi) is 5.52. The van der Waals surface area contributed by atoms with Gasteiger partial charge in [-0.25, -0.2) is 0 Å². The van der Waals surface area contributed by atoms with Crippen LogP contribution in [0.2, 0.25) is 10.0 Å². The first kappa shape index (κ1) is 15.9. The third-order valence-corrected chi connectivity index (χ3v) is 4.19. The second kappa shape index (κ2) is 6.96. The second-order valence-electron chi connectivity index (χ2n) is 5.25. The molecule has 0 amide bonds. The van der Waals surface area contributed by atoms with Gasteiger partial charge >= 0.3 is 0 Å². The summed E-state index contributed by atoms with van der Waals surface area (Å²) in [6, 6.07) is 4.96. The lowest BCUT2D eigenvalue weighted by molar-refractivity contribution is -0.0334. The molecule has 4 nitrogen and oxygen atoms in total. The average Bonchev–Trinajstić information content (AvgIpc) is 2.38. The predicted molar refractivity (Wildman–Crippen MR) is 79.6 cm³/mol. The first-order valence-electron chi connectivity index (χ1n) is 6.67. The first-order chi connectivity index (χ1) is 9.48. The molecule has 1 aromatic carbocycles. The molecule has 1 aliphatic rings. The van der Waals surface area contributed by atoms with Crippen LogP contribution in [-0.2, 0) is 0 Å². The van der Waals surface area contributed by atoms with Crippen molar-refractivity contribution in [1.82, 2.24) is 5.32 Å². The van der Waals surface area contributed by atoms with Crippen molar-refractivity contribution in [1.29, 1.82) is 0 Å². The lowest BCUT2D eigenvalue weighted by Gasteiger charge is -2.36. The molecule has 1 saturated carbocycles. The van der Waals surface area contributed by atoms with Crippen molar-refractivity contribution < 1.29 is 14.9 Å². The van der Waals surface area contributed by atoms with Crippen molar-refractivity contribution in [3.8, 4) is 5.75 Å². The largest absolute Gasteiger partial charge is 0.491 e. The average molecular weight is 320 g/mol. The monoisotopic (exact) mass is 319 g/mol. The fourth-order valence-electron chi connectivity index (χ4n) is 2.05. The summed E-state index contributed by atoms with van der Waals surface area (Å²) < 4.78 is 5.43. The van der Waals surface area contributed by atoms with E-state index >= 15 is 0 Å². The van der Waals surface area contributed by atoms with Gasteiger partial charge in [-0.2, -0.15) is 0 Å². The van der Waals surface area contributed by atoms with Crippen LogP contribution in [0.3, 0.4) is 0 Å². The summed E-state index contributed by atoms with van der Waals surface area (Å²) in [4.78, 5) is 0. The van der Waals surface area contributed by atoms with E-state index in [2.05, 4.69) is 5.32 Å². The Morgan fingerprint density at radius 2 is 2.05 bits per heavy atom. The lowest BCUT2D eigenvalue weighted by atomic mass is 9.80. The van der Waals surface area contributed by atoms with Crippen molar-refractivity contribution in [2.24, 2.45) is 0 Å². The van der Waals surface area contributed by atoms with Crippen LogP contribution < -0.4 is 10.1 Å². The summed E-state index contributed by atoms with van der Waals surface area (Å²) in [5, 5.41) is 23.6. The van der Waals surface area contributed by atoms with Gasteiger partial charge in [0.25, 0.3) is 0 Å². The summed E-state index contributed by atoms with van der Waals surface area (Å²) in [6.07, 6.45) is 2.08. The minimum absolute atomic E-state index is 0.156. The molecule has 1 aromatic rings. The van der Waals surface area contributed by atoms with Crippen LogP contribution in [0.5, 0.6) is 5.75 Å². The van der Waals surface area contributed by atoms with E-state index < -0.39 is 11.7 Å². The zero-order chi connectivity index (χ0) is 14.6.